The quantitative estimate of drug-likeness (QED) is 0.609. The van der Waals surface area contributed by atoms with Crippen molar-refractivity contribution in [1.29, 1.82) is 0 Å². The van der Waals surface area contributed by atoms with E-state index in [0.717, 1.165) is 23.5 Å². The monoisotopic (exact) mass is 280 g/mol. The third kappa shape index (κ3) is 4.78. The van der Waals surface area contributed by atoms with Gasteiger partial charge in [0.05, 0.1) is 12.9 Å². The Hall–Kier alpha value is -1.16. The molecule has 104 valence electrons. The summed E-state index contributed by atoms with van der Waals surface area (Å²) in [4.78, 5) is 12.8. The second kappa shape index (κ2) is 7.43. The second-order valence-electron chi connectivity index (χ2n) is 4.71. The van der Waals surface area contributed by atoms with Crippen LogP contribution in [0.4, 0.5) is 0 Å². The molecule has 0 atom stereocenters. The fourth-order valence-electron chi connectivity index (χ4n) is 2.22. The van der Waals surface area contributed by atoms with Gasteiger partial charge in [0, 0.05) is 4.90 Å². The van der Waals surface area contributed by atoms with Gasteiger partial charge in [-0.3, -0.25) is 4.79 Å². The molecule has 1 saturated carbocycles. The molecule has 0 N–H and O–H groups in total. The zero-order valence-corrected chi connectivity index (χ0v) is 12.1. The first kappa shape index (κ1) is 14.3. The minimum absolute atomic E-state index is 0.104. The Balaban J connectivity index is 1.72. The fourth-order valence-corrected chi connectivity index (χ4v) is 2.90. The van der Waals surface area contributed by atoms with Crippen LogP contribution in [0.25, 0.3) is 0 Å². The predicted octanol–water partition coefficient (Wildman–Crippen LogP) is 3.66. The minimum Gasteiger partial charge on any atom is -0.497 e. The van der Waals surface area contributed by atoms with E-state index in [4.69, 9.17) is 9.47 Å². The van der Waals surface area contributed by atoms with Gasteiger partial charge in [-0.05, 0) is 49.9 Å². The summed E-state index contributed by atoms with van der Waals surface area (Å²) >= 11 is 1.51. The molecular formula is C15H20O3S. The molecule has 1 aliphatic carbocycles. The standard InChI is InChI=1S/C15H20O3S/c1-17-12-7-9-14(10-8-12)19-11-15(16)18-13-5-3-2-4-6-13/h7-10,13H,2-6,11H2,1H3. The molecule has 0 radical (unpaired) electrons. The third-order valence-electron chi connectivity index (χ3n) is 3.27. The molecule has 0 bridgehead atoms. The van der Waals surface area contributed by atoms with E-state index in [9.17, 15) is 4.79 Å². The van der Waals surface area contributed by atoms with E-state index >= 15 is 0 Å². The van der Waals surface area contributed by atoms with Crippen molar-refractivity contribution in [3.05, 3.63) is 24.3 Å². The van der Waals surface area contributed by atoms with Gasteiger partial charge < -0.3 is 9.47 Å². The van der Waals surface area contributed by atoms with Gasteiger partial charge in [0.15, 0.2) is 0 Å². The van der Waals surface area contributed by atoms with Crippen LogP contribution >= 0.6 is 11.8 Å². The Morgan fingerprint density at radius 1 is 1.21 bits per heavy atom. The van der Waals surface area contributed by atoms with Crippen LogP contribution in [0.15, 0.2) is 29.2 Å². The Bertz CT molecular complexity index is 396. The van der Waals surface area contributed by atoms with Crippen molar-refractivity contribution in [2.24, 2.45) is 0 Å². The van der Waals surface area contributed by atoms with E-state index in [-0.39, 0.29) is 12.1 Å². The maximum absolute atomic E-state index is 11.7. The number of hydrogen-bond acceptors (Lipinski definition) is 4. The summed E-state index contributed by atoms with van der Waals surface area (Å²) < 4.78 is 10.6. The summed E-state index contributed by atoms with van der Waals surface area (Å²) in [7, 11) is 1.64. The Labute approximate surface area is 118 Å². The highest BCUT2D eigenvalue weighted by molar-refractivity contribution is 8.00. The van der Waals surface area contributed by atoms with Crippen LogP contribution in [0.1, 0.15) is 32.1 Å². The lowest BCUT2D eigenvalue weighted by Crippen LogP contribution is -2.21. The number of carbonyl (C=O) groups excluding carboxylic acids is 1. The molecule has 19 heavy (non-hydrogen) atoms. The molecule has 1 fully saturated rings. The van der Waals surface area contributed by atoms with Gasteiger partial charge in [-0.2, -0.15) is 0 Å². The van der Waals surface area contributed by atoms with Crippen LogP contribution in [0, 0.1) is 0 Å². The van der Waals surface area contributed by atoms with Crippen LogP contribution in [-0.2, 0) is 9.53 Å². The highest BCUT2D eigenvalue weighted by atomic mass is 32.2. The number of carbonyl (C=O) groups is 1. The number of hydrogen-bond donors (Lipinski definition) is 0. The highest BCUT2D eigenvalue weighted by Gasteiger charge is 2.17. The van der Waals surface area contributed by atoms with Crippen molar-refractivity contribution in [1.82, 2.24) is 0 Å². The normalized spacial score (nSPS) is 16.1. The first-order valence-corrected chi connectivity index (χ1v) is 7.73. The average Bonchev–Trinajstić information content (AvgIpc) is 2.47. The molecule has 1 aromatic carbocycles. The summed E-state index contributed by atoms with van der Waals surface area (Å²) in [5, 5.41) is 0. The number of thioether (sulfide) groups is 1. The van der Waals surface area contributed by atoms with E-state index in [0.29, 0.717) is 5.75 Å². The summed E-state index contributed by atoms with van der Waals surface area (Å²) in [6, 6.07) is 7.71. The Morgan fingerprint density at radius 2 is 1.89 bits per heavy atom. The molecule has 3 nitrogen and oxygen atoms in total. The SMILES string of the molecule is COc1ccc(SCC(=O)OC2CCCCC2)cc1. The average molecular weight is 280 g/mol. The summed E-state index contributed by atoms with van der Waals surface area (Å²) in [6.45, 7) is 0. The summed E-state index contributed by atoms with van der Waals surface area (Å²) in [5.41, 5.74) is 0. The molecule has 4 heteroatoms. The first-order chi connectivity index (χ1) is 9.28. The van der Waals surface area contributed by atoms with Crippen molar-refractivity contribution in [3.8, 4) is 5.75 Å². The Kier molecular flexibility index (Phi) is 5.58. The molecular weight excluding hydrogens is 260 g/mol. The van der Waals surface area contributed by atoms with Gasteiger partial charge in [0.2, 0.25) is 0 Å². The van der Waals surface area contributed by atoms with Gasteiger partial charge in [-0.25, -0.2) is 0 Å². The zero-order chi connectivity index (χ0) is 13.5. The molecule has 0 spiro atoms. The number of methoxy groups -OCH3 is 1. The maximum Gasteiger partial charge on any atom is 0.316 e. The molecule has 0 unspecified atom stereocenters. The van der Waals surface area contributed by atoms with E-state index in [1.165, 1.54) is 31.0 Å². The first-order valence-electron chi connectivity index (χ1n) is 6.74. The van der Waals surface area contributed by atoms with Gasteiger partial charge in [-0.15, -0.1) is 11.8 Å². The van der Waals surface area contributed by atoms with Crippen molar-refractivity contribution in [2.45, 2.75) is 43.1 Å². The maximum atomic E-state index is 11.7. The van der Waals surface area contributed by atoms with Crippen LogP contribution < -0.4 is 4.74 Å². The zero-order valence-electron chi connectivity index (χ0n) is 11.3. The topological polar surface area (TPSA) is 35.5 Å². The molecule has 2 rings (SSSR count). The lowest BCUT2D eigenvalue weighted by molar-refractivity contribution is -0.147. The van der Waals surface area contributed by atoms with Crippen LogP contribution in [0.3, 0.4) is 0 Å². The van der Waals surface area contributed by atoms with E-state index in [2.05, 4.69) is 0 Å². The molecule has 0 aromatic heterocycles. The largest absolute Gasteiger partial charge is 0.497 e. The van der Waals surface area contributed by atoms with Crippen molar-refractivity contribution in [2.75, 3.05) is 12.9 Å². The van der Waals surface area contributed by atoms with Gasteiger partial charge in [0.1, 0.15) is 11.9 Å². The molecule has 0 heterocycles. The highest BCUT2D eigenvalue weighted by Crippen LogP contribution is 2.23. The van der Waals surface area contributed by atoms with E-state index in [1.807, 2.05) is 24.3 Å². The Morgan fingerprint density at radius 3 is 2.53 bits per heavy atom. The third-order valence-corrected chi connectivity index (χ3v) is 4.25. The van der Waals surface area contributed by atoms with Crippen molar-refractivity contribution in [3.63, 3.8) is 0 Å². The molecule has 0 aliphatic heterocycles. The number of rotatable bonds is 5. The molecule has 1 aliphatic rings. The van der Waals surface area contributed by atoms with Gasteiger partial charge in [-0.1, -0.05) is 6.42 Å². The van der Waals surface area contributed by atoms with Gasteiger partial charge >= 0.3 is 5.97 Å². The lowest BCUT2D eigenvalue weighted by atomic mass is 9.98. The van der Waals surface area contributed by atoms with Crippen LogP contribution in [-0.4, -0.2) is 24.9 Å². The number of benzene rings is 1. The van der Waals surface area contributed by atoms with E-state index in [1.54, 1.807) is 7.11 Å². The predicted molar refractivity (Wildman–Crippen MR) is 76.7 cm³/mol. The summed E-state index contributed by atoms with van der Waals surface area (Å²) in [6.07, 6.45) is 5.84. The number of ether oxygens (including phenoxy) is 2. The van der Waals surface area contributed by atoms with Crippen LogP contribution in [0.5, 0.6) is 5.75 Å². The fraction of sp³-hybridized carbons (Fsp3) is 0.533. The molecule has 1 aromatic rings. The van der Waals surface area contributed by atoms with Crippen LogP contribution in [0.2, 0.25) is 0 Å². The minimum atomic E-state index is -0.104. The van der Waals surface area contributed by atoms with E-state index < -0.39 is 0 Å². The van der Waals surface area contributed by atoms with Crippen molar-refractivity contribution < 1.29 is 14.3 Å². The second-order valence-corrected chi connectivity index (χ2v) is 5.76. The van der Waals surface area contributed by atoms with Gasteiger partial charge in [0.25, 0.3) is 0 Å². The molecule has 0 saturated heterocycles. The van der Waals surface area contributed by atoms with Crippen molar-refractivity contribution >= 4 is 17.7 Å². The summed E-state index contributed by atoms with van der Waals surface area (Å²) in [5.74, 6) is 1.10. The molecule has 0 amide bonds. The number of esters is 1. The lowest BCUT2D eigenvalue weighted by Gasteiger charge is -2.21. The smallest absolute Gasteiger partial charge is 0.316 e.